The van der Waals surface area contributed by atoms with E-state index in [0.29, 0.717) is 11.8 Å². The maximum Gasteiger partial charge on any atom is 0.244 e. The number of rotatable bonds is 2. The molecule has 0 atom stereocenters. The molecule has 0 aromatic heterocycles. The summed E-state index contributed by atoms with van der Waals surface area (Å²) in [4.78, 5) is 16.6. The highest BCUT2D eigenvalue weighted by atomic mass is 16.2. The van der Waals surface area contributed by atoms with E-state index in [2.05, 4.69) is 31.1 Å². The predicted octanol–water partition coefficient (Wildman–Crippen LogP) is 0.496. The molecule has 0 saturated carbocycles. The minimum absolute atomic E-state index is 0.235. The Bertz CT molecular complexity index is 269. The number of carbonyl (C=O) groups excluding carboxylic acids is 1. The number of piperidine rings is 1. The largest absolute Gasteiger partial charge is 0.328 e. The van der Waals surface area contributed by atoms with Crippen LogP contribution in [-0.4, -0.2) is 54.6 Å². The van der Waals surface area contributed by atoms with Crippen LogP contribution in [0.3, 0.4) is 0 Å². The average molecular weight is 225 g/mol. The van der Waals surface area contributed by atoms with Crippen LogP contribution in [0, 0.1) is 5.92 Å². The van der Waals surface area contributed by atoms with Gasteiger partial charge in [-0.3, -0.25) is 10.1 Å². The molecule has 92 valence electrons. The fourth-order valence-electron chi connectivity index (χ4n) is 2.68. The van der Waals surface area contributed by atoms with E-state index in [9.17, 15) is 4.79 Å². The van der Waals surface area contributed by atoms with Crippen molar-refractivity contribution >= 4 is 5.91 Å². The Hall–Kier alpha value is -0.610. The fraction of sp³-hybridized carbons (Fsp3) is 0.917. The number of carbonyl (C=O) groups is 1. The van der Waals surface area contributed by atoms with Crippen LogP contribution in [0.25, 0.3) is 0 Å². The molecule has 2 heterocycles. The number of hydrogen-bond acceptors (Lipinski definition) is 3. The molecule has 0 aliphatic carbocycles. The van der Waals surface area contributed by atoms with Crippen LogP contribution in [-0.2, 0) is 4.79 Å². The first-order valence-electron chi connectivity index (χ1n) is 6.26. The quantitative estimate of drug-likeness (QED) is 0.743. The zero-order valence-electron chi connectivity index (χ0n) is 10.6. The molecule has 2 aliphatic rings. The number of amides is 1. The van der Waals surface area contributed by atoms with Gasteiger partial charge in [0.25, 0.3) is 0 Å². The maximum atomic E-state index is 12.4. The van der Waals surface area contributed by atoms with Crippen molar-refractivity contribution in [2.45, 2.75) is 32.2 Å². The molecule has 2 fully saturated rings. The summed E-state index contributed by atoms with van der Waals surface area (Å²) in [6.45, 7) is 7.98. The summed E-state index contributed by atoms with van der Waals surface area (Å²) in [5, 5.41) is 3.45. The van der Waals surface area contributed by atoms with Gasteiger partial charge in [-0.15, -0.1) is 0 Å². The van der Waals surface area contributed by atoms with Gasteiger partial charge in [0.15, 0.2) is 0 Å². The van der Waals surface area contributed by atoms with Crippen LogP contribution in [0.1, 0.15) is 26.7 Å². The van der Waals surface area contributed by atoms with Gasteiger partial charge < -0.3 is 9.80 Å². The molecule has 1 amide bonds. The lowest BCUT2D eigenvalue weighted by molar-refractivity contribution is -0.134. The van der Waals surface area contributed by atoms with Crippen molar-refractivity contribution in [2.24, 2.45) is 5.92 Å². The minimum Gasteiger partial charge on any atom is -0.328 e. The first kappa shape index (κ1) is 11.9. The highest BCUT2D eigenvalue weighted by Crippen LogP contribution is 2.28. The third-order valence-electron chi connectivity index (χ3n) is 3.73. The van der Waals surface area contributed by atoms with Crippen LogP contribution >= 0.6 is 0 Å². The molecule has 4 nitrogen and oxygen atoms in total. The first-order chi connectivity index (χ1) is 7.53. The third-order valence-corrected chi connectivity index (χ3v) is 3.73. The smallest absolute Gasteiger partial charge is 0.244 e. The summed E-state index contributed by atoms with van der Waals surface area (Å²) in [5.41, 5.74) is -0.235. The van der Waals surface area contributed by atoms with Crippen molar-refractivity contribution in [1.82, 2.24) is 15.1 Å². The predicted molar refractivity (Wildman–Crippen MR) is 64.0 cm³/mol. The van der Waals surface area contributed by atoms with Crippen LogP contribution in [0.2, 0.25) is 0 Å². The molecule has 0 aromatic rings. The van der Waals surface area contributed by atoms with Crippen molar-refractivity contribution in [3.63, 3.8) is 0 Å². The van der Waals surface area contributed by atoms with Gasteiger partial charge in [-0.25, -0.2) is 0 Å². The van der Waals surface area contributed by atoms with Crippen molar-refractivity contribution in [3.8, 4) is 0 Å². The van der Waals surface area contributed by atoms with Crippen LogP contribution in [0.5, 0.6) is 0 Å². The number of hydrogen-bond donors (Lipinski definition) is 1. The van der Waals surface area contributed by atoms with Crippen LogP contribution in [0.4, 0.5) is 0 Å². The number of nitrogens with one attached hydrogen (secondary N) is 1. The van der Waals surface area contributed by atoms with Gasteiger partial charge in [0, 0.05) is 19.6 Å². The second kappa shape index (κ2) is 4.34. The number of nitrogens with zero attached hydrogens (tertiary/aromatic N) is 2. The molecule has 1 N–H and O–H groups in total. The van der Waals surface area contributed by atoms with E-state index in [0.717, 1.165) is 39.1 Å². The average Bonchev–Trinajstić information content (AvgIpc) is 2.52. The zero-order chi connectivity index (χ0) is 11.8. The SMILES string of the molecule is CC(C)CN1CNC2(CCN(C)CC2)C1=O. The highest BCUT2D eigenvalue weighted by Gasteiger charge is 2.47. The normalized spacial score (nSPS) is 26.0. The van der Waals surface area contributed by atoms with E-state index in [1.54, 1.807) is 0 Å². The second-order valence-corrected chi connectivity index (χ2v) is 5.64. The van der Waals surface area contributed by atoms with Gasteiger partial charge >= 0.3 is 0 Å². The monoisotopic (exact) mass is 225 g/mol. The first-order valence-corrected chi connectivity index (χ1v) is 6.26. The summed E-state index contributed by atoms with van der Waals surface area (Å²) < 4.78 is 0. The molecule has 0 bridgehead atoms. The van der Waals surface area contributed by atoms with Gasteiger partial charge in [-0.2, -0.15) is 0 Å². The van der Waals surface area contributed by atoms with E-state index in [-0.39, 0.29) is 5.54 Å². The third kappa shape index (κ3) is 2.09. The minimum atomic E-state index is -0.235. The molecular formula is C12H23N3O. The molecular weight excluding hydrogens is 202 g/mol. The summed E-state index contributed by atoms with van der Waals surface area (Å²) in [7, 11) is 2.12. The van der Waals surface area contributed by atoms with E-state index in [1.165, 1.54) is 0 Å². The summed E-state index contributed by atoms with van der Waals surface area (Å²) in [5.74, 6) is 0.876. The van der Waals surface area contributed by atoms with Crippen LogP contribution in [0.15, 0.2) is 0 Å². The van der Waals surface area contributed by atoms with Crippen molar-refractivity contribution in [2.75, 3.05) is 33.4 Å². The Balaban J connectivity index is 2.00. The second-order valence-electron chi connectivity index (χ2n) is 5.64. The molecule has 0 radical (unpaired) electrons. The van der Waals surface area contributed by atoms with Crippen molar-refractivity contribution < 1.29 is 4.79 Å². The summed E-state index contributed by atoms with van der Waals surface area (Å²) >= 11 is 0. The lowest BCUT2D eigenvalue weighted by atomic mass is 9.87. The maximum absolute atomic E-state index is 12.4. The number of likely N-dealkylation sites (tertiary alicyclic amines) is 1. The summed E-state index contributed by atoms with van der Waals surface area (Å²) in [6, 6.07) is 0. The molecule has 1 spiro atoms. The molecule has 2 rings (SSSR count). The Morgan fingerprint density at radius 1 is 1.38 bits per heavy atom. The molecule has 2 saturated heterocycles. The molecule has 0 unspecified atom stereocenters. The van der Waals surface area contributed by atoms with E-state index < -0.39 is 0 Å². The molecule has 0 aromatic carbocycles. The van der Waals surface area contributed by atoms with Gasteiger partial charge in [0.2, 0.25) is 5.91 Å². The van der Waals surface area contributed by atoms with E-state index in [1.807, 2.05) is 4.90 Å². The Morgan fingerprint density at radius 3 is 2.56 bits per heavy atom. The lowest BCUT2D eigenvalue weighted by Gasteiger charge is -2.36. The lowest BCUT2D eigenvalue weighted by Crippen LogP contribution is -2.54. The standard InChI is InChI=1S/C12H23N3O/c1-10(2)8-15-9-13-12(11(15)16)4-6-14(3)7-5-12/h10,13H,4-9H2,1-3H3. The van der Waals surface area contributed by atoms with Gasteiger partial charge in [0.1, 0.15) is 5.54 Å². The van der Waals surface area contributed by atoms with Crippen molar-refractivity contribution in [1.29, 1.82) is 0 Å². The Morgan fingerprint density at radius 2 is 2.00 bits per heavy atom. The highest BCUT2D eigenvalue weighted by molar-refractivity contribution is 5.88. The zero-order valence-corrected chi connectivity index (χ0v) is 10.6. The topological polar surface area (TPSA) is 35.6 Å². The Kier molecular flexibility index (Phi) is 3.22. The van der Waals surface area contributed by atoms with Gasteiger partial charge in [-0.05, 0) is 25.8 Å². The van der Waals surface area contributed by atoms with Gasteiger partial charge in [0.05, 0.1) is 6.67 Å². The van der Waals surface area contributed by atoms with Gasteiger partial charge in [-0.1, -0.05) is 13.8 Å². The Labute approximate surface area is 98.0 Å². The van der Waals surface area contributed by atoms with E-state index in [4.69, 9.17) is 0 Å². The van der Waals surface area contributed by atoms with E-state index >= 15 is 0 Å². The molecule has 16 heavy (non-hydrogen) atoms. The fourth-order valence-corrected chi connectivity index (χ4v) is 2.68. The summed E-state index contributed by atoms with van der Waals surface area (Å²) in [6.07, 6.45) is 1.91. The molecule has 2 aliphatic heterocycles. The van der Waals surface area contributed by atoms with Crippen LogP contribution < -0.4 is 5.32 Å². The van der Waals surface area contributed by atoms with Crippen molar-refractivity contribution in [3.05, 3.63) is 0 Å². The molecule has 4 heteroatoms.